The number of rotatable bonds is 7. The van der Waals surface area contributed by atoms with Gasteiger partial charge in [-0.3, -0.25) is 0 Å². The van der Waals surface area contributed by atoms with Crippen molar-refractivity contribution in [2.75, 3.05) is 19.6 Å². The van der Waals surface area contributed by atoms with Crippen LogP contribution in [0.4, 0.5) is 0 Å². The molecule has 132 valence electrons. The highest BCUT2D eigenvalue weighted by Gasteiger charge is 2.15. The van der Waals surface area contributed by atoms with Crippen LogP contribution in [-0.2, 0) is 0 Å². The molecule has 0 aliphatic carbocycles. The summed E-state index contributed by atoms with van der Waals surface area (Å²) in [5, 5.41) is 3.36. The van der Waals surface area contributed by atoms with Gasteiger partial charge in [-0.1, -0.05) is 48.4 Å². The lowest BCUT2D eigenvalue weighted by Crippen LogP contribution is -2.26. The van der Waals surface area contributed by atoms with Crippen LogP contribution in [0, 0.1) is 4.91 Å². The van der Waals surface area contributed by atoms with Crippen molar-refractivity contribution < 1.29 is 4.74 Å². The quantitative estimate of drug-likeness (QED) is 0.621. The minimum absolute atomic E-state index is 0.283. The van der Waals surface area contributed by atoms with E-state index in [-0.39, 0.29) is 6.04 Å². The lowest BCUT2D eigenvalue weighted by atomic mass is 10.0. The molecular weight excluding hydrogens is 312 g/mol. The predicted molar refractivity (Wildman–Crippen MR) is 101 cm³/mol. The van der Waals surface area contributed by atoms with Crippen molar-refractivity contribution >= 4 is 0 Å². The first-order chi connectivity index (χ1) is 12.3. The first kappa shape index (κ1) is 17.6. The number of nitroso groups, excluding NO2 is 1. The van der Waals surface area contributed by atoms with E-state index in [1.807, 2.05) is 54.6 Å². The SMILES string of the molecule is O=NC(CCN1CCCCCC1)c1ccc(Oc2ccccc2)cc1. The summed E-state index contributed by atoms with van der Waals surface area (Å²) in [6.45, 7) is 3.24. The van der Waals surface area contributed by atoms with Crippen LogP contribution in [0.15, 0.2) is 59.8 Å². The maximum absolute atomic E-state index is 11.3. The van der Waals surface area contributed by atoms with Crippen molar-refractivity contribution in [2.45, 2.75) is 38.1 Å². The van der Waals surface area contributed by atoms with Crippen molar-refractivity contribution in [1.29, 1.82) is 0 Å². The highest BCUT2D eigenvalue weighted by Crippen LogP contribution is 2.26. The largest absolute Gasteiger partial charge is 0.457 e. The molecule has 2 aromatic rings. The molecule has 0 N–H and O–H groups in total. The van der Waals surface area contributed by atoms with Crippen LogP contribution in [0.5, 0.6) is 11.5 Å². The van der Waals surface area contributed by atoms with Crippen LogP contribution in [0.25, 0.3) is 0 Å². The second-order valence-corrected chi connectivity index (χ2v) is 6.65. The third-order valence-corrected chi connectivity index (χ3v) is 4.79. The molecular formula is C21H26N2O2. The zero-order valence-corrected chi connectivity index (χ0v) is 14.6. The van der Waals surface area contributed by atoms with Crippen LogP contribution < -0.4 is 4.74 Å². The van der Waals surface area contributed by atoms with Crippen molar-refractivity contribution in [2.24, 2.45) is 5.18 Å². The molecule has 1 fully saturated rings. The van der Waals surface area contributed by atoms with Crippen molar-refractivity contribution in [1.82, 2.24) is 4.90 Å². The maximum atomic E-state index is 11.3. The van der Waals surface area contributed by atoms with Crippen LogP contribution in [0.2, 0.25) is 0 Å². The lowest BCUT2D eigenvalue weighted by Gasteiger charge is -2.21. The molecule has 0 bridgehead atoms. The summed E-state index contributed by atoms with van der Waals surface area (Å²) in [6.07, 6.45) is 5.97. The molecule has 0 spiro atoms. The summed E-state index contributed by atoms with van der Waals surface area (Å²) in [4.78, 5) is 13.8. The van der Waals surface area contributed by atoms with E-state index in [4.69, 9.17) is 4.74 Å². The standard InChI is InChI=1S/C21H26N2O2/c24-22-21(14-17-23-15-6-1-2-7-16-23)18-10-12-20(13-11-18)25-19-8-4-3-5-9-19/h3-5,8-13,21H,1-2,6-7,14-17H2. The molecule has 0 saturated carbocycles. The molecule has 2 aromatic carbocycles. The van der Waals surface area contributed by atoms with Gasteiger partial charge in [0, 0.05) is 6.54 Å². The van der Waals surface area contributed by atoms with E-state index in [9.17, 15) is 4.91 Å². The van der Waals surface area contributed by atoms with E-state index in [2.05, 4.69) is 10.1 Å². The number of hydrogen-bond acceptors (Lipinski definition) is 4. The predicted octanol–water partition coefficient (Wildman–Crippen LogP) is 5.55. The van der Waals surface area contributed by atoms with E-state index in [1.54, 1.807) is 0 Å². The molecule has 4 heteroatoms. The van der Waals surface area contributed by atoms with E-state index >= 15 is 0 Å². The molecule has 25 heavy (non-hydrogen) atoms. The third kappa shape index (κ3) is 5.40. The van der Waals surface area contributed by atoms with Crippen LogP contribution in [-0.4, -0.2) is 24.5 Å². The van der Waals surface area contributed by atoms with Gasteiger partial charge in [0.05, 0.1) is 0 Å². The molecule has 1 unspecified atom stereocenters. The molecule has 1 atom stereocenters. The second kappa shape index (κ2) is 9.33. The molecule has 0 radical (unpaired) electrons. The fourth-order valence-corrected chi connectivity index (χ4v) is 3.33. The molecule has 4 nitrogen and oxygen atoms in total. The highest BCUT2D eigenvalue weighted by atomic mass is 16.5. The lowest BCUT2D eigenvalue weighted by molar-refractivity contribution is 0.273. The zero-order chi connectivity index (χ0) is 17.3. The minimum atomic E-state index is -0.283. The number of likely N-dealkylation sites (tertiary alicyclic amines) is 1. The van der Waals surface area contributed by atoms with E-state index in [0.717, 1.165) is 43.1 Å². The Morgan fingerprint density at radius 2 is 1.52 bits per heavy atom. The van der Waals surface area contributed by atoms with Crippen molar-refractivity contribution in [3.8, 4) is 11.5 Å². The molecule has 3 rings (SSSR count). The summed E-state index contributed by atoms with van der Waals surface area (Å²) < 4.78 is 5.80. The highest BCUT2D eigenvalue weighted by molar-refractivity contribution is 5.34. The molecule has 1 aliphatic heterocycles. The third-order valence-electron chi connectivity index (χ3n) is 4.79. The van der Waals surface area contributed by atoms with E-state index in [0.29, 0.717) is 0 Å². The Bertz CT molecular complexity index is 635. The fraction of sp³-hybridized carbons (Fsp3) is 0.429. The number of benzene rings is 2. The number of hydrogen-bond donors (Lipinski definition) is 0. The molecule has 1 aliphatic rings. The Labute approximate surface area is 149 Å². The van der Waals surface area contributed by atoms with Crippen LogP contribution in [0.1, 0.15) is 43.7 Å². The Morgan fingerprint density at radius 3 is 2.16 bits per heavy atom. The monoisotopic (exact) mass is 338 g/mol. The Kier molecular flexibility index (Phi) is 6.57. The van der Waals surface area contributed by atoms with Gasteiger partial charge >= 0.3 is 0 Å². The summed E-state index contributed by atoms with van der Waals surface area (Å²) in [5.74, 6) is 1.58. The molecule has 0 amide bonds. The van der Waals surface area contributed by atoms with Crippen LogP contribution >= 0.6 is 0 Å². The Balaban J connectivity index is 1.56. The Morgan fingerprint density at radius 1 is 0.880 bits per heavy atom. The van der Waals surface area contributed by atoms with Crippen molar-refractivity contribution in [3.63, 3.8) is 0 Å². The summed E-state index contributed by atoms with van der Waals surface area (Å²) in [6, 6.07) is 17.1. The summed E-state index contributed by atoms with van der Waals surface area (Å²) in [5.41, 5.74) is 0.963. The normalized spacial score (nSPS) is 16.8. The van der Waals surface area contributed by atoms with Gasteiger partial charge in [-0.05, 0) is 62.2 Å². The number of para-hydroxylation sites is 1. The van der Waals surface area contributed by atoms with Crippen LogP contribution in [0.3, 0.4) is 0 Å². The van der Waals surface area contributed by atoms with Gasteiger partial charge in [0.1, 0.15) is 17.5 Å². The van der Waals surface area contributed by atoms with Gasteiger partial charge < -0.3 is 9.64 Å². The Hall–Kier alpha value is -2.20. The average molecular weight is 338 g/mol. The van der Waals surface area contributed by atoms with Gasteiger partial charge in [0.2, 0.25) is 0 Å². The molecule has 1 heterocycles. The zero-order valence-electron chi connectivity index (χ0n) is 14.6. The van der Waals surface area contributed by atoms with E-state index in [1.165, 1.54) is 25.7 Å². The smallest absolute Gasteiger partial charge is 0.127 e. The van der Waals surface area contributed by atoms with Crippen molar-refractivity contribution in [3.05, 3.63) is 65.1 Å². The van der Waals surface area contributed by atoms with E-state index < -0.39 is 0 Å². The maximum Gasteiger partial charge on any atom is 0.127 e. The second-order valence-electron chi connectivity index (χ2n) is 6.65. The first-order valence-electron chi connectivity index (χ1n) is 9.23. The van der Waals surface area contributed by atoms with Gasteiger partial charge in [-0.2, -0.15) is 4.91 Å². The summed E-state index contributed by atoms with van der Waals surface area (Å²) >= 11 is 0. The van der Waals surface area contributed by atoms with Gasteiger partial charge in [0.15, 0.2) is 0 Å². The number of ether oxygens (including phenoxy) is 1. The summed E-state index contributed by atoms with van der Waals surface area (Å²) in [7, 11) is 0. The molecule has 1 saturated heterocycles. The number of nitrogens with zero attached hydrogens (tertiary/aromatic N) is 2. The topological polar surface area (TPSA) is 41.9 Å². The minimum Gasteiger partial charge on any atom is -0.457 e. The average Bonchev–Trinajstić information content (AvgIpc) is 2.93. The fourth-order valence-electron chi connectivity index (χ4n) is 3.33. The van der Waals surface area contributed by atoms with Gasteiger partial charge in [0.25, 0.3) is 0 Å². The first-order valence-corrected chi connectivity index (χ1v) is 9.23. The van der Waals surface area contributed by atoms with Gasteiger partial charge in [-0.25, -0.2) is 0 Å². The van der Waals surface area contributed by atoms with Gasteiger partial charge in [-0.15, -0.1) is 0 Å². The molecule has 0 aromatic heterocycles.